The maximum Gasteiger partial charge on any atom is 0.326 e. The van der Waals surface area contributed by atoms with Gasteiger partial charge in [-0.3, -0.25) is 9.59 Å². The van der Waals surface area contributed by atoms with Gasteiger partial charge in [-0.25, -0.2) is 4.79 Å². The molecule has 0 aliphatic carbocycles. The maximum atomic E-state index is 12.4. The third-order valence-electron chi connectivity index (χ3n) is 4.67. The van der Waals surface area contributed by atoms with E-state index < -0.39 is 17.9 Å². The number of hydrogen-bond donors (Lipinski definition) is 2. The number of thioether (sulfide) groups is 1. The van der Waals surface area contributed by atoms with E-state index in [4.69, 9.17) is 4.42 Å². The van der Waals surface area contributed by atoms with Gasteiger partial charge < -0.3 is 14.8 Å². The highest BCUT2D eigenvalue weighted by Crippen LogP contribution is 2.23. The van der Waals surface area contributed by atoms with E-state index in [1.807, 2.05) is 19.9 Å². The molecule has 1 heterocycles. The van der Waals surface area contributed by atoms with Gasteiger partial charge in [-0.1, -0.05) is 30.7 Å². The minimum atomic E-state index is -1.05. The van der Waals surface area contributed by atoms with Crippen molar-refractivity contribution in [3.63, 3.8) is 0 Å². The molecule has 0 bridgehead atoms. The summed E-state index contributed by atoms with van der Waals surface area (Å²) in [5, 5.41) is 12.4. The molecule has 7 heteroatoms. The van der Waals surface area contributed by atoms with E-state index >= 15 is 0 Å². The van der Waals surface area contributed by atoms with Crippen LogP contribution in [0.4, 0.5) is 0 Å². The number of amides is 1. The van der Waals surface area contributed by atoms with Crippen molar-refractivity contribution in [3.8, 4) is 11.3 Å². The van der Waals surface area contributed by atoms with Crippen molar-refractivity contribution in [1.29, 1.82) is 0 Å². The minimum Gasteiger partial charge on any atom is -0.480 e. The fraction of sp³-hybridized carbons (Fsp3) is 0.261. The van der Waals surface area contributed by atoms with Gasteiger partial charge in [0.2, 0.25) is 0 Å². The fourth-order valence-corrected chi connectivity index (χ4v) is 3.73. The molecular weight excluding hydrogens is 402 g/mol. The van der Waals surface area contributed by atoms with E-state index in [1.54, 1.807) is 48.2 Å². The molecule has 1 unspecified atom stereocenters. The molecule has 2 aromatic carbocycles. The minimum absolute atomic E-state index is 0.133. The number of hydrogen-bond acceptors (Lipinski definition) is 5. The molecule has 156 valence electrons. The molecule has 3 aromatic rings. The first-order chi connectivity index (χ1) is 14.4. The van der Waals surface area contributed by atoms with E-state index in [2.05, 4.69) is 5.32 Å². The second-order valence-corrected chi connectivity index (χ2v) is 8.30. The lowest BCUT2D eigenvalue weighted by Crippen LogP contribution is -2.41. The van der Waals surface area contributed by atoms with Crippen LogP contribution in [-0.2, 0) is 4.79 Å². The predicted octanol–water partition coefficient (Wildman–Crippen LogP) is 4.09. The van der Waals surface area contributed by atoms with Crippen LogP contribution in [0.15, 0.2) is 57.7 Å². The normalized spacial score (nSPS) is 11.9. The average molecular weight is 426 g/mol. The summed E-state index contributed by atoms with van der Waals surface area (Å²) < 4.78 is 5.85. The molecule has 0 saturated heterocycles. The van der Waals surface area contributed by atoms with E-state index in [-0.39, 0.29) is 5.43 Å². The Labute approximate surface area is 178 Å². The van der Waals surface area contributed by atoms with Crippen LogP contribution < -0.4 is 10.7 Å². The van der Waals surface area contributed by atoms with Crippen molar-refractivity contribution in [1.82, 2.24) is 5.32 Å². The van der Waals surface area contributed by atoms with Crippen LogP contribution in [0.3, 0.4) is 0 Å². The van der Waals surface area contributed by atoms with Gasteiger partial charge >= 0.3 is 5.97 Å². The molecule has 0 spiro atoms. The Bertz CT molecular complexity index is 1120. The molecule has 3 rings (SSSR count). The smallest absolute Gasteiger partial charge is 0.326 e. The summed E-state index contributed by atoms with van der Waals surface area (Å²) in [6, 6.07) is 12.5. The highest BCUT2D eigenvalue weighted by Gasteiger charge is 2.20. The van der Waals surface area contributed by atoms with Crippen LogP contribution in [0.5, 0.6) is 0 Å². The third-order valence-corrected chi connectivity index (χ3v) is 5.61. The van der Waals surface area contributed by atoms with E-state index in [9.17, 15) is 19.5 Å². The molecule has 6 nitrogen and oxygen atoms in total. The first kappa shape index (κ1) is 21.6. The summed E-state index contributed by atoms with van der Waals surface area (Å²) in [5.41, 5.74) is 2.34. The number of carboxylic acid groups (broad SMARTS) is 1. The first-order valence-corrected chi connectivity index (χ1v) is 10.8. The summed E-state index contributed by atoms with van der Waals surface area (Å²) >= 11 is 1.63. The molecule has 30 heavy (non-hydrogen) atoms. The summed E-state index contributed by atoms with van der Waals surface area (Å²) in [4.78, 5) is 36.3. The molecule has 0 fully saturated rings. The van der Waals surface area contributed by atoms with Crippen LogP contribution in [0.1, 0.15) is 29.3 Å². The van der Waals surface area contributed by atoms with Crippen molar-refractivity contribution in [2.24, 2.45) is 0 Å². The average Bonchev–Trinajstić information content (AvgIpc) is 2.73. The Morgan fingerprint density at radius 3 is 2.53 bits per heavy atom. The van der Waals surface area contributed by atoms with Gasteiger partial charge in [-0.15, -0.1) is 0 Å². The van der Waals surface area contributed by atoms with Crippen molar-refractivity contribution in [2.75, 3.05) is 11.5 Å². The topological polar surface area (TPSA) is 96.6 Å². The van der Waals surface area contributed by atoms with Gasteiger partial charge in [0.1, 0.15) is 17.4 Å². The number of carbonyl (C=O) groups is 2. The number of carboxylic acids is 1. The Hall–Kier alpha value is -3.06. The summed E-state index contributed by atoms with van der Waals surface area (Å²) in [6.45, 7) is 3.91. The monoisotopic (exact) mass is 425 g/mol. The highest BCUT2D eigenvalue weighted by atomic mass is 32.2. The molecule has 1 amide bonds. The lowest BCUT2D eigenvalue weighted by atomic mass is 10.1. The molecule has 2 N–H and O–H groups in total. The second-order valence-electron chi connectivity index (χ2n) is 6.90. The standard InChI is InChI=1S/C23H23NO5S/c1-3-30-11-10-18(23(27)28)24-22(26)16-7-5-15(6-8-16)21-13-19(25)17-12-14(2)4-9-20(17)29-21/h4-9,12-13,18H,3,10-11H2,1-2H3,(H,24,26)(H,27,28). The molecule has 0 radical (unpaired) electrons. The Morgan fingerprint density at radius 1 is 1.13 bits per heavy atom. The molecule has 1 aromatic heterocycles. The van der Waals surface area contributed by atoms with Crippen molar-refractivity contribution >= 4 is 34.6 Å². The van der Waals surface area contributed by atoms with Crippen LogP contribution in [-0.4, -0.2) is 34.5 Å². The zero-order valence-corrected chi connectivity index (χ0v) is 17.6. The Morgan fingerprint density at radius 2 is 1.87 bits per heavy atom. The van der Waals surface area contributed by atoms with Gasteiger partial charge in [0.05, 0.1) is 5.39 Å². The fourth-order valence-electron chi connectivity index (χ4n) is 3.04. The number of rotatable bonds is 8. The maximum absolute atomic E-state index is 12.4. The van der Waals surface area contributed by atoms with Gasteiger partial charge in [0.25, 0.3) is 5.91 Å². The summed E-state index contributed by atoms with van der Waals surface area (Å²) in [6.07, 6.45) is 0.361. The van der Waals surface area contributed by atoms with Crippen molar-refractivity contribution in [3.05, 3.63) is 69.9 Å². The molecular formula is C23H23NO5S. The quantitative estimate of drug-likeness (QED) is 0.528. The molecule has 0 saturated carbocycles. The largest absolute Gasteiger partial charge is 0.480 e. The first-order valence-electron chi connectivity index (χ1n) is 9.65. The highest BCUT2D eigenvalue weighted by molar-refractivity contribution is 7.99. The number of aryl methyl sites for hydroxylation is 1. The SMILES string of the molecule is CCSCCC(NC(=O)c1ccc(-c2cc(=O)c3cc(C)ccc3o2)cc1)C(=O)O. The zero-order chi connectivity index (χ0) is 21.7. The molecule has 0 aliphatic heterocycles. The zero-order valence-electron chi connectivity index (χ0n) is 16.8. The molecule has 0 aliphatic rings. The summed E-state index contributed by atoms with van der Waals surface area (Å²) in [5.74, 6) is 0.457. The van der Waals surface area contributed by atoms with Gasteiger partial charge in [-0.05, 0) is 49.1 Å². The number of fused-ring (bicyclic) bond motifs is 1. The van der Waals surface area contributed by atoms with Gasteiger partial charge in [0, 0.05) is 17.2 Å². The number of carbonyl (C=O) groups excluding carboxylic acids is 1. The van der Waals surface area contributed by atoms with Crippen molar-refractivity contribution in [2.45, 2.75) is 26.3 Å². The Kier molecular flexibility index (Phi) is 6.95. The third kappa shape index (κ3) is 5.10. The van der Waals surface area contributed by atoms with Crippen LogP contribution >= 0.6 is 11.8 Å². The van der Waals surface area contributed by atoms with E-state index in [0.717, 1.165) is 11.3 Å². The van der Waals surface area contributed by atoms with E-state index in [0.29, 0.717) is 40.0 Å². The van der Waals surface area contributed by atoms with Gasteiger partial charge in [-0.2, -0.15) is 11.8 Å². The predicted molar refractivity (Wildman–Crippen MR) is 119 cm³/mol. The van der Waals surface area contributed by atoms with E-state index in [1.165, 1.54) is 6.07 Å². The Balaban J connectivity index is 1.78. The van der Waals surface area contributed by atoms with Crippen LogP contribution in [0.25, 0.3) is 22.3 Å². The van der Waals surface area contributed by atoms with Crippen LogP contribution in [0.2, 0.25) is 0 Å². The van der Waals surface area contributed by atoms with Gasteiger partial charge in [0.15, 0.2) is 5.43 Å². The number of nitrogens with one attached hydrogen (secondary N) is 1. The lowest BCUT2D eigenvalue weighted by molar-refractivity contribution is -0.139. The summed E-state index contributed by atoms with van der Waals surface area (Å²) in [7, 11) is 0. The second kappa shape index (κ2) is 9.63. The lowest BCUT2D eigenvalue weighted by Gasteiger charge is -2.14. The van der Waals surface area contributed by atoms with Crippen LogP contribution in [0, 0.1) is 6.92 Å². The number of benzene rings is 2. The van der Waals surface area contributed by atoms with Crippen molar-refractivity contribution < 1.29 is 19.1 Å². The molecule has 1 atom stereocenters. The number of aliphatic carboxylic acids is 1.